The Morgan fingerprint density at radius 2 is 1.80 bits per heavy atom. The van der Waals surface area contributed by atoms with E-state index in [1.54, 1.807) is 12.1 Å². The summed E-state index contributed by atoms with van der Waals surface area (Å²) in [5, 5.41) is 0. The normalized spacial score (nSPS) is 22.5. The van der Waals surface area contributed by atoms with Crippen molar-refractivity contribution in [1.82, 2.24) is 4.90 Å². The van der Waals surface area contributed by atoms with Gasteiger partial charge < -0.3 is 4.90 Å². The van der Waals surface area contributed by atoms with Gasteiger partial charge in [0.2, 0.25) is 0 Å². The topological polar surface area (TPSA) is 57.7 Å². The third kappa shape index (κ3) is 1.81. The average Bonchev–Trinajstić information content (AvgIpc) is 2.64. The number of piperidine rings is 1. The molecule has 20 heavy (non-hydrogen) atoms. The van der Waals surface area contributed by atoms with Gasteiger partial charge in [0, 0.05) is 38.2 Å². The first-order valence-electron chi connectivity index (χ1n) is 6.74. The van der Waals surface area contributed by atoms with Crippen LogP contribution in [0.3, 0.4) is 0 Å². The SMILES string of the molecule is CC1CC(=O)CCN1c1ccc2c(c1)C(=O)N(C)C2=O. The molecule has 1 saturated heterocycles. The Labute approximate surface area is 117 Å². The molecule has 3 rings (SSSR count). The number of amides is 2. The fourth-order valence-corrected chi connectivity index (χ4v) is 2.92. The summed E-state index contributed by atoms with van der Waals surface area (Å²) in [6, 6.07) is 5.46. The van der Waals surface area contributed by atoms with E-state index < -0.39 is 0 Å². The number of benzene rings is 1. The van der Waals surface area contributed by atoms with Crippen LogP contribution in [0.25, 0.3) is 0 Å². The lowest BCUT2D eigenvalue weighted by Crippen LogP contribution is -2.41. The minimum Gasteiger partial charge on any atom is -0.368 e. The van der Waals surface area contributed by atoms with E-state index in [-0.39, 0.29) is 23.6 Å². The van der Waals surface area contributed by atoms with Gasteiger partial charge in [0.1, 0.15) is 5.78 Å². The molecule has 5 nitrogen and oxygen atoms in total. The van der Waals surface area contributed by atoms with Gasteiger partial charge in [-0.25, -0.2) is 0 Å². The van der Waals surface area contributed by atoms with E-state index in [2.05, 4.69) is 4.90 Å². The number of rotatable bonds is 1. The van der Waals surface area contributed by atoms with Crippen molar-refractivity contribution in [2.75, 3.05) is 18.5 Å². The van der Waals surface area contributed by atoms with Crippen LogP contribution in [0.1, 0.15) is 40.5 Å². The third-order valence-electron chi connectivity index (χ3n) is 4.09. The Hall–Kier alpha value is -2.17. The van der Waals surface area contributed by atoms with Crippen molar-refractivity contribution in [3.8, 4) is 0 Å². The third-order valence-corrected chi connectivity index (χ3v) is 4.09. The average molecular weight is 272 g/mol. The summed E-state index contributed by atoms with van der Waals surface area (Å²) in [4.78, 5) is 38.6. The molecule has 1 unspecified atom stereocenters. The summed E-state index contributed by atoms with van der Waals surface area (Å²) in [5.74, 6) is -0.230. The quantitative estimate of drug-likeness (QED) is 0.726. The second kappa shape index (κ2) is 4.44. The second-order valence-electron chi connectivity index (χ2n) is 5.43. The molecule has 0 aliphatic carbocycles. The van der Waals surface area contributed by atoms with Crippen molar-refractivity contribution in [3.05, 3.63) is 29.3 Å². The molecule has 1 aromatic rings. The Morgan fingerprint density at radius 3 is 2.50 bits per heavy atom. The molecule has 1 atom stereocenters. The lowest BCUT2D eigenvalue weighted by atomic mass is 10.00. The molecule has 0 bridgehead atoms. The van der Waals surface area contributed by atoms with Gasteiger partial charge in [-0.05, 0) is 25.1 Å². The van der Waals surface area contributed by atoms with Gasteiger partial charge in [-0.15, -0.1) is 0 Å². The highest BCUT2D eigenvalue weighted by Crippen LogP contribution is 2.29. The first-order valence-corrected chi connectivity index (χ1v) is 6.74. The molecule has 2 amide bonds. The number of imide groups is 1. The Balaban J connectivity index is 1.96. The minimum absolute atomic E-state index is 0.124. The molecule has 1 fully saturated rings. The molecule has 0 saturated carbocycles. The predicted octanol–water partition coefficient (Wildman–Crippen LogP) is 1.47. The molecular weight excluding hydrogens is 256 g/mol. The maximum absolute atomic E-state index is 12.0. The molecule has 2 heterocycles. The van der Waals surface area contributed by atoms with Crippen LogP contribution in [0.2, 0.25) is 0 Å². The molecule has 2 aliphatic rings. The van der Waals surface area contributed by atoms with E-state index in [1.807, 2.05) is 13.0 Å². The van der Waals surface area contributed by atoms with Gasteiger partial charge >= 0.3 is 0 Å². The van der Waals surface area contributed by atoms with Crippen LogP contribution in [0, 0.1) is 0 Å². The molecular formula is C15H16N2O3. The van der Waals surface area contributed by atoms with E-state index in [1.165, 1.54) is 7.05 Å². The van der Waals surface area contributed by atoms with Gasteiger partial charge in [-0.1, -0.05) is 0 Å². The molecule has 0 aromatic heterocycles. The van der Waals surface area contributed by atoms with Crippen molar-refractivity contribution in [1.29, 1.82) is 0 Å². The number of carbonyl (C=O) groups is 3. The summed E-state index contributed by atoms with van der Waals surface area (Å²) in [5.41, 5.74) is 1.82. The highest BCUT2D eigenvalue weighted by atomic mass is 16.2. The Bertz CT molecular complexity index is 624. The molecule has 0 N–H and O–H groups in total. The summed E-state index contributed by atoms with van der Waals surface area (Å²) in [7, 11) is 1.49. The van der Waals surface area contributed by atoms with Crippen molar-refractivity contribution >= 4 is 23.3 Å². The zero-order chi connectivity index (χ0) is 14.4. The van der Waals surface area contributed by atoms with Crippen LogP contribution in [0.4, 0.5) is 5.69 Å². The Kier molecular flexibility index (Phi) is 2.85. The van der Waals surface area contributed by atoms with Gasteiger partial charge in [0.25, 0.3) is 11.8 Å². The van der Waals surface area contributed by atoms with Crippen LogP contribution < -0.4 is 4.90 Å². The zero-order valence-electron chi connectivity index (χ0n) is 11.5. The van der Waals surface area contributed by atoms with E-state index >= 15 is 0 Å². The smallest absolute Gasteiger partial charge is 0.261 e. The number of anilines is 1. The monoisotopic (exact) mass is 272 g/mol. The van der Waals surface area contributed by atoms with Crippen LogP contribution in [0.15, 0.2) is 18.2 Å². The van der Waals surface area contributed by atoms with Gasteiger partial charge in [0.05, 0.1) is 11.1 Å². The zero-order valence-corrected chi connectivity index (χ0v) is 11.5. The standard InChI is InChI=1S/C15H16N2O3/c1-9-7-11(18)5-6-17(9)10-3-4-12-13(8-10)15(20)16(2)14(12)19/h3-4,8-9H,5-7H2,1-2H3. The fourth-order valence-electron chi connectivity index (χ4n) is 2.92. The van der Waals surface area contributed by atoms with Gasteiger partial charge in [-0.3, -0.25) is 19.3 Å². The van der Waals surface area contributed by atoms with Crippen LogP contribution in [0.5, 0.6) is 0 Å². The number of ketones is 1. The minimum atomic E-state index is -0.257. The predicted molar refractivity (Wildman–Crippen MR) is 73.9 cm³/mol. The number of hydrogen-bond acceptors (Lipinski definition) is 4. The maximum atomic E-state index is 12.0. The largest absolute Gasteiger partial charge is 0.368 e. The number of hydrogen-bond donors (Lipinski definition) is 0. The fraction of sp³-hybridized carbons (Fsp3) is 0.400. The van der Waals surface area contributed by atoms with Crippen molar-refractivity contribution in [3.63, 3.8) is 0 Å². The van der Waals surface area contributed by atoms with Crippen LogP contribution >= 0.6 is 0 Å². The summed E-state index contributed by atoms with van der Waals surface area (Å²) in [6.45, 7) is 2.67. The molecule has 2 aliphatic heterocycles. The van der Waals surface area contributed by atoms with E-state index in [0.717, 1.165) is 10.6 Å². The summed E-state index contributed by atoms with van der Waals surface area (Å²) < 4.78 is 0. The number of carbonyl (C=O) groups excluding carboxylic acids is 3. The van der Waals surface area contributed by atoms with Crippen LogP contribution in [-0.4, -0.2) is 42.1 Å². The van der Waals surface area contributed by atoms with Gasteiger partial charge in [0.15, 0.2) is 0 Å². The van der Waals surface area contributed by atoms with Crippen LogP contribution in [-0.2, 0) is 4.79 Å². The lowest BCUT2D eigenvalue weighted by molar-refractivity contribution is -0.120. The first-order chi connectivity index (χ1) is 9.49. The molecule has 1 aromatic carbocycles. The molecule has 0 spiro atoms. The van der Waals surface area contributed by atoms with E-state index in [9.17, 15) is 14.4 Å². The molecule has 0 radical (unpaired) electrons. The molecule has 104 valence electrons. The summed E-state index contributed by atoms with van der Waals surface area (Å²) >= 11 is 0. The first kappa shape index (κ1) is 12.8. The second-order valence-corrected chi connectivity index (χ2v) is 5.43. The lowest BCUT2D eigenvalue weighted by Gasteiger charge is -2.34. The maximum Gasteiger partial charge on any atom is 0.261 e. The van der Waals surface area contributed by atoms with E-state index in [0.29, 0.717) is 30.5 Å². The van der Waals surface area contributed by atoms with Crippen molar-refractivity contribution in [2.24, 2.45) is 0 Å². The van der Waals surface area contributed by atoms with Crippen molar-refractivity contribution in [2.45, 2.75) is 25.8 Å². The number of fused-ring (bicyclic) bond motifs is 1. The van der Waals surface area contributed by atoms with Gasteiger partial charge in [-0.2, -0.15) is 0 Å². The highest BCUT2D eigenvalue weighted by Gasteiger charge is 2.34. The molecule has 5 heteroatoms. The number of nitrogens with zero attached hydrogens (tertiary/aromatic N) is 2. The Morgan fingerprint density at radius 1 is 1.10 bits per heavy atom. The number of Topliss-reactive ketones (excluding diaryl/α,β-unsaturated/α-hetero) is 1. The van der Waals surface area contributed by atoms with Crippen molar-refractivity contribution < 1.29 is 14.4 Å². The highest BCUT2D eigenvalue weighted by molar-refractivity contribution is 6.21. The van der Waals surface area contributed by atoms with E-state index in [4.69, 9.17) is 0 Å². The summed E-state index contributed by atoms with van der Waals surface area (Å²) in [6.07, 6.45) is 1.07.